The highest BCUT2D eigenvalue weighted by molar-refractivity contribution is 6.23. The van der Waals surface area contributed by atoms with E-state index in [0.717, 1.165) is 6.92 Å². The van der Waals surface area contributed by atoms with Crippen molar-refractivity contribution in [2.45, 2.75) is 13.8 Å². The molecule has 1 heterocycles. The molecule has 0 aliphatic carbocycles. The van der Waals surface area contributed by atoms with Crippen molar-refractivity contribution in [1.82, 2.24) is 0 Å². The number of ketones is 1. The van der Waals surface area contributed by atoms with Gasteiger partial charge in [0.05, 0.1) is 0 Å². The molecule has 0 spiro atoms. The van der Waals surface area contributed by atoms with Gasteiger partial charge in [-0.1, -0.05) is 0 Å². The predicted molar refractivity (Wildman–Crippen MR) is 106 cm³/mol. The lowest BCUT2D eigenvalue weighted by Gasteiger charge is -2.19. The Morgan fingerprint density at radius 2 is 1.29 bits per heavy atom. The molecular formula is C19H19N3O9. The van der Waals surface area contributed by atoms with E-state index in [9.17, 15) is 29.1 Å². The van der Waals surface area contributed by atoms with Crippen LogP contribution in [0.4, 0.5) is 17.1 Å². The minimum Gasteiger partial charge on any atom is -0.506 e. The monoisotopic (exact) mass is 433 g/mol. The number of aliphatic hydroxyl groups is 3. The van der Waals surface area contributed by atoms with E-state index in [1.54, 1.807) is 0 Å². The van der Waals surface area contributed by atoms with Crippen molar-refractivity contribution >= 4 is 46.6 Å². The fourth-order valence-corrected chi connectivity index (χ4v) is 2.67. The van der Waals surface area contributed by atoms with Crippen molar-refractivity contribution in [3.05, 3.63) is 40.8 Å². The average Bonchev–Trinajstić information content (AvgIpc) is 2.66. The Hall–Kier alpha value is -4.03. The van der Waals surface area contributed by atoms with Gasteiger partial charge in [0.2, 0.25) is 11.8 Å². The molecule has 0 unspecified atom stereocenters. The number of carbonyl (C=O) groups is 5. The fraction of sp³-hybridized carbons (Fsp3) is 0.211. The molecule has 0 fully saturated rings. The maximum atomic E-state index is 12.1. The number of aliphatic hydroxyl groups excluding tert-OH is 3. The third-order valence-electron chi connectivity index (χ3n) is 3.91. The van der Waals surface area contributed by atoms with Crippen LogP contribution in [0.3, 0.4) is 0 Å². The number of anilines is 3. The summed E-state index contributed by atoms with van der Waals surface area (Å²) < 4.78 is 4.50. The summed E-state index contributed by atoms with van der Waals surface area (Å²) in [4.78, 5) is 58.4. The lowest BCUT2D eigenvalue weighted by molar-refractivity contribution is -0.155. The van der Waals surface area contributed by atoms with Crippen LogP contribution >= 0.6 is 0 Å². The zero-order chi connectivity index (χ0) is 23.3. The van der Waals surface area contributed by atoms with Gasteiger partial charge in [0.1, 0.15) is 30.1 Å². The third-order valence-corrected chi connectivity index (χ3v) is 3.91. The van der Waals surface area contributed by atoms with E-state index in [-0.39, 0.29) is 22.8 Å². The smallest absolute Gasteiger partial charge is 0.353 e. The van der Waals surface area contributed by atoms with Gasteiger partial charge in [-0.15, -0.1) is 0 Å². The van der Waals surface area contributed by atoms with Crippen LogP contribution in [0.15, 0.2) is 40.8 Å². The quantitative estimate of drug-likeness (QED) is 0.144. The van der Waals surface area contributed by atoms with Crippen LogP contribution in [0.2, 0.25) is 0 Å². The van der Waals surface area contributed by atoms with Crippen LogP contribution in [0, 0.1) is 0 Å². The first-order valence-electron chi connectivity index (χ1n) is 8.72. The summed E-state index contributed by atoms with van der Waals surface area (Å²) >= 11 is 0. The molecular weight excluding hydrogens is 414 g/mol. The number of hydrogen-bond acceptors (Lipinski definition) is 10. The Labute approximate surface area is 175 Å². The molecule has 0 aromatic heterocycles. The maximum absolute atomic E-state index is 12.1. The molecule has 0 radical (unpaired) electrons. The first-order chi connectivity index (χ1) is 14.6. The zero-order valence-electron chi connectivity index (χ0n) is 16.4. The summed E-state index contributed by atoms with van der Waals surface area (Å²) in [6.07, 6.45) is 0. The summed E-state index contributed by atoms with van der Waals surface area (Å²) in [5.74, 6) is -5.59. The van der Waals surface area contributed by atoms with Gasteiger partial charge in [-0.2, -0.15) is 0 Å². The number of Topliss-reactive ketones (excluding diaryl/α,β-unsaturated/α-hetero) is 1. The highest BCUT2D eigenvalue weighted by Crippen LogP contribution is 2.28. The number of nitrogens with one attached hydrogen (secondary N) is 3. The molecule has 1 aromatic carbocycles. The van der Waals surface area contributed by atoms with E-state index in [1.807, 2.05) is 0 Å². The number of benzene rings is 1. The summed E-state index contributed by atoms with van der Waals surface area (Å²) in [6.45, 7) is 0.772. The van der Waals surface area contributed by atoms with E-state index < -0.39 is 59.7 Å². The van der Waals surface area contributed by atoms with Gasteiger partial charge < -0.3 is 36.0 Å². The number of amides is 2. The first-order valence-corrected chi connectivity index (χ1v) is 8.72. The van der Waals surface area contributed by atoms with Gasteiger partial charge in [-0.25, -0.2) is 9.59 Å². The van der Waals surface area contributed by atoms with Gasteiger partial charge in [0.25, 0.3) is 0 Å². The number of allylic oxidation sites excluding steroid dienone is 1. The fourth-order valence-electron chi connectivity index (χ4n) is 2.67. The number of esters is 2. The largest absolute Gasteiger partial charge is 0.506 e. The van der Waals surface area contributed by atoms with E-state index in [4.69, 9.17) is 10.2 Å². The molecule has 0 bridgehead atoms. The SMILES string of the molecule is CC(=O)C1=C(O)C(=C(C)Nc2cc(NC(=O)CO)cc(NC(=O)CO)c2)C(=O)OC1=O. The highest BCUT2D eigenvalue weighted by Gasteiger charge is 2.36. The Balaban J connectivity index is 2.50. The van der Waals surface area contributed by atoms with Gasteiger partial charge in [-0.05, 0) is 32.0 Å². The molecule has 2 amide bonds. The first kappa shape index (κ1) is 23.3. The Morgan fingerprint density at radius 1 is 0.839 bits per heavy atom. The van der Waals surface area contributed by atoms with Crippen LogP contribution in [-0.4, -0.2) is 58.1 Å². The number of carbonyl (C=O) groups excluding carboxylic acids is 5. The van der Waals surface area contributed by atoms with Crippen molar-refractivity contribution in [3.8, 4) is 0 Å². The summed E-state index contributed by atoms with van der Waals surface area (Å²) in [5, 5.41) is 35.6. The highest BCUT2D eigenvalue weighted by atomic mass is 16.6. The molecule has 0 saturated carbocycles. The van der Waals surface area contributed by atoms with Crippen molar-refractivity contribution in [3.63, 3.8) is 0 Å². The minimum absolute atomic E-state index is 0.0150. The van der Waals surface area contributed by atoms with Crippen molar-refractivity contribution in [2.24, 2.45) is 0 Å². The molecule has 164 valence electrons. The normalized spacial score (nSPS) is 15.2. The number of cyclic esters (lactones) is 2. The number of ether oxygens (including phenoxy) is 1. The second kappa shape index (κ2) is 9.65. The number of rotatable bonds is 7. The summed E-state index contributed by atoms with van der Waals surface area (Å²) in [5.41, 5.74) is -0.692. The molecule has 31 heavy (non-hydrogen) atoms. The van der Waals surface area contributed by atoms with Crippen molar-refractivity contribution < 1.29 is 44.0 Å². The van der Waals surface area contributed by atoms with Gasteiger partial charge in [0.15, 0.2) is 5.78 Å². The molecule has 0 atom stereocenters. The maximum Gasteiger partial charge on any atom is 0.353 e. The molecule has 12 heteroatoms. The topological polar surface area (TPSA) is 191 Å². The summed E-state index contributed by atoms with van der Waals surface area (Å²) in [7, 11) is 0. The predicted octanol–water partition coefficient (Wildman–Crippen LogP) is -0.281. The lowest BCUT2D eigenvalue weighted by Crippen LogP contribution is -2.29. The van der Waals surface area contributed by atoms with Crippen LogP contribution in [0.1, 0.15) is 13.8 Å². The van der Waals surface area contributed by atoms with Crippen LogP contribution in [-0.2, 0) is 28.7 Å². The minimum atomic E-state index is -1.27. The van der Waals surface area contributed by atoms with E-state index >= 15 is 0 Å². The van der Waals surface area contributed by atoms with Gasteiger partial charge in [0, 0.05) is 22.8 Å². The zero-order valence-corrected chi connectivity index (χ0v) is 16.4. The van der Waals surface area contributed by atoms with E-state index in [0.29, 0.717) is 0 Å². The van der Waals surface area contributed by atoms with Crippen LogP contribution < -0.4 is 16.0 Å². The molecule has 0 saturated heterocycles. The Kier molecular flexibility index (Phi) is 7.24. The van der Waals surface area contributed by atoms with Gasteiger partial charge >= 0.3 is 11.9 Å². The average molecular weight is 433 g/mol. The third kappa shape index (κ3) is 5.52. The van der Waals surface area contributed by atoms with Gasteiger partial charge in [-0.3, -0.25) is 14.4 Å². The second-order valence-electron chi connectivity index (χ2n) is 6.29. The molecule has 2 rings (SSSR count). The molecule has 1 aliphatic rings. The lowest BCUT2D eigenvalue weighted by atomic mass is 10.0. The molecule has 12 nitrogen and oxygen atoms in total. The van der Waals surface area contributed by atoms with Crippen molar-refractivity contribution in [1.29, 1.82) is 0 Å². The van der Waals surface area contributed by atoms with Crippen LogP contribution in [0.25, 0.3) is 0 Å². The summed E-state index contributed by atoms with van der Waals surface area (Å²) in [6, 6.07) is 4.09. The molecule has 1 aliphatic heterocycles. The molecule has 1 aromatic rings. The number of hydrogen-bond donors (Lipinski definition) is 6. The molecule has 6 N–H and O–H groups in total. The van der Waals surface area contributed by atoms with E-state index in [2.05, 4.69) is 20.7 Å². The van der Waals surface area contributed by atoms with Crippen LogP contribution in [0.5, 0.6) is 0 Å². The Bertz CT molecular complexity index is 1000. The standard InChI is InChI=1S/C19H19N3O9/c1-8(15-17(28)16(9(2)25)19(30)31-18(15)29)20-10-3-11(21-13(26)6-23)5-12(4-10)22-14(27)7-24/h3-5,20,23-24,28H,6-7H2,1-2H3,(H,21,26)(H,22,27). The Morgan fingerprint density at radius 3 is 1.71 bits per heavy atom. The second-order valence-corrected chi connectivity index (χ2v) is 6.29. The van der Waals surface area contributed by atoms with Crippen molar-refractivity contribution in [2.75, 3.05) is 29.2 Å². The van der Waals surface area contributed by atoms with E-state index in [1.165, 1.54) is 25.1 Å².